The Morgan fingerprint density at radius 3 is 2.32 bits per heavy atom. The molecule has 2 saturated heterocycles. The Balaban J connectivity index is 1.44. The van der Waals surface area contributed by atoms with Crippen molar-refractivity contribution in [3.05, 3.63) is 58.1 Å². The lowest BCUT2D eigenvalue weighted by Gasteiger charge is -2.38. The van der Waals surface area contributed by atoms with Crippen LogP contribution in [0.3, 0.4) is 0 Å². The van der Waals surface area contributed by atoms with Gasteiger partial charge in [0.15, 0.2) is 0 Å². The Morgan fingerprint density at radius 2 is 1.64 bits per heavy atom. The number of carbonyl (C=O) groups excluding carboxylic acids is 2. The smallest absolute Gasteiger partial charge is 0.251 e. The van der Waals surface area contributed by atoms with E-state index >= 15 is 0 Å². The third-order valence-electron chi connectivity index (χ3n) is 5.41. The van der Waals surface area contributed by atoms with E-state index in [9.17, 15) is 9.59 Å². The van der Waals surface area contributed by atoms with Crippen LogP contribution in [0.4, 0.5) is 11.4 Å². The summed E-state index contributed by atoms with van der Waals surface area (Å²) in [6.45, 7) is 4.91. The summed E-state index contributed by atoms with van der Waals surface area (Å²) in [5.41, 5.74) is 2.70. The number of hydrogen-bond donors (Lipinski definition) is 0. The first kappa shape index (κ1) is 19.2. The molecule has 0 saturated carbocycles. The molecular formula is C21H21Cl2N3O2. The third-order valence-corrected chi connectivity index (χ3v) is 6.15. The van der Waals surface area contributed by atoms with Crippen LogP contribution >= 0.6 is 23.2 Å². The van der Waals surface area contributed by atoms with E-state index in [-0.39, 0.29) is 24.3 Å². The standard InChI is InChI=1S/C21H21Cl2N3O2/c1-14-3-2-4-16(11-14)26-20(27)13-19(21(26)28)25-9-7-24(8-10-25)15-5-6-17(22)18(23)12-15/h2-6,11-12,19H,7-10,13H2,1H3/t19-/m1/s1. The molecule has 0 N–H and O–H groups in total. The molecular weight excluding hydrogens is 397 g/mol. The van der Waals surface area contributed by atoms with Crippen LogP contribution in [0.2, 0.25) is 10.0 Å². The normalized spacial score (nSPS) is 20.9. The van der Waals surface area contributed by atoms with Crippen LogP contribution in [0, 0.1) is 6.92 Å². The zero-order valence-corrected chi connectivity index (χ0v) is 17.1. The van der Waals surface area contributed by atoms with Crippen molar-refractivity contribution >= 4 is 46.4 Å². The molecule has 0 radical (unpaired) electrons. The Kier molecular flexibility index (Phi) is 5.32. The lowest BCUT2D eigenvalue weighted by molar-refractivity contribution is -0.123. The quantitative estimate of drug-likeness (QED) is 0.713. The second-order valence-corrected chi connectivity index (χ2v) is 8.06. The van der Waals surface area contributed by atoms with Crippen LogP contribution in [0.25, 0.3) is 0 Å². The monoisotopic (exact) mass is 417 g/mol. The van der Waals surface area contributed by atoms with Crippen molar-refractivity contribution in [2.75, 3.05) is 36.0 Å². The van der Waals surface area contributed by atoms with E-state index in [0.717, 1.165) is 24.3 Å². The molecule has 1 atom stereocenters. The SMILES string of the molecule is Cc1cccc(N2C(=O)C[C@@H](N3CCN(c4ccc(Cl)c(Cl)c4)CC3)C2=O)c1. The first-order valence-corrected chi connectivity index (χ1v) is 10.1. The van der Waals surface area contributed by atoms with Gasteiger partial charge in [-0.3, -0.25) is 14.5 Å². The molecule has 2 heterocycles. The lowest BCUT2D eigenvalue weighted by atomic mass is 10.1. The minimum absolute atomic E-state index is 0.126. The van der Waals surface area contributed by atoms with E-state index in [4.69, 9.17) is 23.2 Å². The molecule has 0 spiro atoms. The molecule has 0 aromatic heterocycles. The van der Waals surface area contributed by atoms with E-state index in [1.807, 2.05) is 43.3 Å². The maximum atomic E-state index is 13.0. The fourth-order valence-electron chi connectivity index (χ4n) is 3.91. The molecule has 2 fully saturated rings. The molecule has 0 unspecified atom stereocenters. The third kappa shape index (κ3) is 3.62. The molecule has 2 aromatic rings. The summed E-state index contributed by atoms with van der Waals surface area (Å²) in [5.74, 6) is -0.258. The minimum atomic E-state index is -0.385. The molecule has 7 heteroatoms. The number of carbonyl (C=O) groups is 2. The molecule has 2 aromatic carbocycles. The number of imide groups is 1. The second-order valence-electron chi connectivity index (χ2n) is 7.25. The van der Waals surface area contributed by atoms with Crippen molar-refractivity contribution in [3.8, 4) is 0 Å². The van der Waals surface area contributed by atoms with E-state index in [0.29, 0.717) is 28.8 Å². The highest BCUT2D eigenvalue weighted by molar-refractivity contribution is 6.42. The Labute approximate surface area is 174 Å². The van der Waals surface area contributed by atoms with E-state index < -0.39 is 0 Å². The molecule has 2 aliphatic rings. The summed E-state index contributed by atoms with van der Waals surface area (Å²) in [7, 11) is 0. The highest BCUT2D eigenvalue weighted by Crippen LogP contribution is 2.30. The highest BCUT2D eigenvalue weighted by atomic mass is 35.5. The first-order chi connectivity index (χ1) is 13.4. The molecule has 0 aliphatic carbocycles. The fraction of sp³-hybridized carbons (Fsp3) is 0.333. The molecule has 2 amide bonds. The number of halogens is 2. The van der Waals surface area contributed by atoms with Crippen LogP contribution in [-0.4, -0.2) is 48.9 Å². The Hall–Kier alpha value is -2.08. The summed E-state index contributed by atoms with van der Waals surface area (Å²) < 4.78 is 0. The van der Waals surface area contributed by atoms with Crippen LogP contribution < -0.4 is 9.80 Å². The van der Waals surface area contributed by atoms with Gasteiger partial charge in [0.25, 0.3) is 5.91 Å². The van der Waals surface area contributed by atoms with Gasteiger partial charge in [-0.2, -0.15) is 0 Å². The number of anilines is 2. The van der Waals surface area contributed by atoms with Gasteiger partial charge in [-0.25, -0.2) is 4.90 Å². The van der Waals surface area contributed by atoms with Gasteiger partial charge in [-0.15, -0.1) is 0 Å². The number of nitrogens with zero attached hydrogens (tertiary/aromatic N) is 3. The fourth-order valence-corrected chi connectivity index (χ4v) is 4.21. The maximum Gasteiger partial charge on any atom is 0.251 e. The predicted octanol–water partition coefficient (Wildman–Crippen LogP) is 3.76. The minimum Gasteiger partial charge on any atom is -0.369 e. The van der Waals surface area contributed by atoms with Gasteiger partial charge in [0.05, 0.1) is 28.2 Å². The molecule has 0 bridgehead atoms. The van der Waals surface area contributed by atoms with Gasteiger partial charge >= 0.3 is 0 Å². The summed E-state index contributed by atoms with van der Waals surface area (Å²) in [5, 5.41) is 1.07. The van der Waals surface area contributed by atoms with Gasteiger partial charge in [0, 0.05) is 31.9 Å². The van der Waals surface area contributed by atoms with E-state index in [2.05, 4.69) is 9.80 Å². The van der Waals surface area contributed by atoms with Crippen LogP contribution in [0.15, 0.2) is 42.5 Å². The number of benzene rings is 2. The number of amides is 2. The molecule has 28 heavy (non-hydrogen) atoms. The molecule has 146 valence electrons. The van der Waals surface area contributed by atoms with Crippen LogP contribution in [-0.2, 0) is 9.59 Å². The summed E-state index contributed by atoms with van der Waals surface area (Å²) in [6, 6.07) is 12.7. The van der Waals surface area contributed by atoms with Gasteiger partial charge in [0.2, 0.25) is 5.91 Å². The highest BCUT2D eigenvalue weighted by Gasteiger charge is 2.43. The maximum absolute atomic E-state index is 13.0. The topological polar surface area (TPSA) is 43.9 Å². The molecule has 5 nitrogen and oxygen atoms in total. The van der Waals surface area contributed by atoms with Gasteiger partial charge in [0.1, 0.15) is 0 Å². The number of piperazine rings is 1. The number of hydrogen-bond acceptors (Lipinski definition) is 4. The van der Waals surface area contributed by atoms with Crippen molar-refractivity contribution in [1.82, 2.24) is 4.90 Å². The molecule has 4 rings (SSSR count). The average molecular weight is 418 g/mol. The Bertz CT molecular complexity index is 926. The largest absolute Gasteiger partial charge is 0.369 e. The lowest BCUT2D eigenvalue weighted by Crippen LogP contribution is -2.52. The zero-order valence-electron chi connectivity index (χ0n) is 15.6. The summed E-state index contributed by atoms with van der Waals surface area (Å²) >= 11 is 12.1. The summed E-state index contributed by atoms with van der Waals surface area (Å²) in [6.07, 6.45) is 0.236. The van der Waals surface area contributed by atoms with Gasteiger partial charge in [-0.05, 0) is 42.8 Å². The van der Waals surface area contributed by atoms with Crippen molar-refractivity contribution < 1.29 is 9.59 Å². The molecule has 2 aliphatic heterocycles. The van der Waals surface area contributed by atoms with Crippen molar-refractivity contribution in [2.45, 2.75) is 19.4 Å². The van der Waals surface area contributed by atoms with Crippen molar-refractivity contribution in [1.29, 1.82) is 0 Å². The average Bonchev–Trinajstić information content (AvgIpc) is 2.98. The van der Waals surface area contributed by atoms with Crippen molar-refractivity contribution in [2.24, 2.45) is 0 Å². The Morgan fingerprint density at radius 1 is 0.893 bits per heavy atom. The van der Waals surface area contributed by atoms with Crippen molar-refractivity contribution in [3.63, 3.8) is 0 Å². The zero-order chi connectivity index (χ0) is 19.8. The number of rotatable bonds is 3. The van der Waals surface area contributed by atoms with Crippen LogP contribution in [0.1, 0.15) is 12.0 Å². The van der Waals surface area contributed by atoms with Crippen LogP contribution in [0.5, 0.6) is 0 Å². The first-order valence-electron chi connectivity index (χ1n) is 9.31. The predicted molar refractivity (Wildman–Crippen MR) is 112 cm³/mol. The van der Waals surface area contributed by atoms with E-state index in [1.165, 1.54) is 4.90 Å². The van der Waals surface area contributed by atoms with E-state index in [1.54, 1.807) is 6.07 Å². The van der Waals surface area contributed by atoms with Gasteiger partial charge < -0.3 is 4.90 Å². The number of aryl methyl sites for hydroxylation is 1. The van der Waals surface area contributed by atoms with Gasteiger partial charge in [-0.1, -0.05) is 35.3 Å². The second kappa shape index (κ2) is 7.74. The summed E-state index contributed by atoms with van der Waals surface area (Å²) in [4.78, 5) is 31.2.